The van der Waals surface area contributed by atoms with Gasteiger partial charge in [0, 0.05) is 26.2 Å². The van der Waals surface area contributed by atoms with Crippen molar-refractivity contribution in [2.75, 3.05) is 31.6 Å². The first-order valence-corrected chi connectivity index (χ1v) is 15.3. The molecule has 0 bridgehead atoms. The molecule has 1 aliphatic heterocycles. The van der Waals surface area contributed by atoms with Crippen LogP contribution in [0.4, 0.5) is 18.3 Å². The molecule has 1 amide bonds. The van der Waals surface area contributed by atoms with Gasteiger partial charge < -0.3 is 15.0 Å². The van der Waals surface area contributed by atoms with Crippen LogP contribution in [0.15, 0.2) is 53.4 Å². The van der Waals surface area contributed by atoms with E-state index in [1.54, 1.807) is 11.8 Å². The largest absolute Gasteiger partial charge is 0.465 e. The maximum atomic E-state index is 13.6. The molecule has 0 saturated carbocycles. The van der Waals surface area contributed by atoms with Crippen LogP contribution in [0.25, 0.3) is 0 Å². The number of piperazine rings is 1. The van der Waals surface area contributed by atoms with E-state index in [0.29, 0.717) is 28.9 Å². The van der Waals surface area contributed by atoms with E-state index in [9.17, 15) is 31.2 Å². The number of aromatic nitrogens is 1. The number of esters is 1. The van der Waals surface area contributed by atoms with E-state index in [1.165, 1.54) is 7.11 Å². The fourth-order valence-electron chi connectivity index (χ4n) is 4.52. The minimum Gasteiger partial charge on any atom is -0.465 e. The summed E-state index contributed by atoms with van der Waals surface area (Å²) in [5, 5.41) is 3.22. The van der Waals surface area contributed by atoms with Gasteiger partial charge in [-0.05, 0) is 48.2 Å². The fraction of sp³-hybridized carbons (Fsp3) is 0.393. The quantitative estimate of drug-likeness (QED) is 0.366. The summed E-state index contributed by atoms with van der Waals surface area (Å²) in [5.74, 6) is -0.804. The second-order valence-corrected chi connectivity index (χ2v) is 13.0. The number of carbonyl (C=O) groups is 2. The van der Waals surface area contributed by atoms with Crippen LogP contribution in [0.3, 0.4) is 0 Å². The Labute approximate surface area is 246 Å². The molecule has 1 unspecified atom stereocenters. The van der Waals surface area contributed by atoms with E-state index in [-0.39, 0.29) is 36.0 Å². The zero-order chi connectivity index (χ0) is 30.8. The van der Waals surface area contributed by atoms with Crippen LogP contribution in [-0.4, -0.2) is 62.4 Å². The van der Waals surface area contributed by atoms with Crippen LogP contribution < -0.4 is 10.2 Å². The maximum absolute atomic E-state index is 13.6. The Bertz CT molecular complexity index is 1540. The highest BCUT2D eigenvalue weighted by Crippen LogP contribution is 2.32. The number of hydrogen-bond donors (Lipinski definition) is 1. The summed E-state index contributed by atoms with van der Waals surface area (Å²) in [5.41, 5.74) is 1.40. The van der Waals surface area contributed by atoms with E-state index in [1.807, 2.05) is 24.3 Å². The third-order valence-corrected chi connectivity index (χ3v) is 10.1. The average Bonchev–Trinajstić information content (AvgIpc) is 3.36. The number of nitrogens with zero attached hydrogens (tertiary/aromatic N) is 3. The number of sulfonamides is 1. The second kappa shape index (κ2) is 12.4. The maximum Gasteiger partial charge on any atom is 0.416 e. The number of benzene rings is 2. The molecular weight excluding hydrogens is 593 g/mol. The van der Waals surface area contributed by atoms with Crippen LogP contribution in [0.5, 0.6) is 0 Å². The number of nitrogens with one attached hydrogen (secondary N) is 1. The van der Waals surface area contributed by atoms with Gasteiger partial charge in [-0.2, -0.15) is 17.5 Å². The average molecular weight is 625 g/mol. The van der Waals surface area contributed by atoms with Gasteiger partial charge in [0.2, 0.25) is 15.9 Å². The second-order valence-electron chi connectivity index (χ2n) is 10.1. The molecule has 1 atom stereocenters. The molecule has 9 nitrogen and oxygen atoms in total. The lowest BCUT2D eigenvalue weighted by Crippen LogP contribution is -2.60. The monoisotopic (exact) mass is 624 g/mol. The predicted molar refractivity (Wildman–Crippen MR) is 152 cm³/mol. The number of halogens is 3. The van der Waals surface area contributed by atoms with Gasteiger partial charge in [0.15, 0.2) is 5.13 Å². The van der Waals surface area contributed by atoms with Gasteiger partial charge in [0.05, 0.1) is 23.3 Å². The van der Waals surface area contributed by atoms with Crippen molar-refractivity contribution in [3.63, 3.8) is 0 Å². The van der Waals surface area contributed by atoms with Crippen molar-refractivity contribution in [1.29, 1.82) is 0 Å². The molecule has 1 N–H and O–H groups in total. The number of amides is 1. The Hall–Kier alpha value is -3.49. The third kappa shape index (κ3) is 6.76. The zero-order valence-corrected chi connectivity index (χ0v) is 25.1. The van der Waals surface area contributed by atoms with E-state index < -0.39 is 39.7 Å². The van der Waals surface area contributed by atoms with Crippen LogP contribution in [0, 0.1) is 6.92 Å². The number of thiazole rings is 1. The van der Waals surface area contributed by atoms with Gasteiger partial charge in [-0.15, -0.1) is 0 Å². The highest BCUT2D eigenvalue weighted by molar-refractivity contribution is 7.89. The summed E-state index contributed by atoms with van der Waals surface area (Å²) in [4.78, 5) is 31.7. The first-order chi connectivity index (χ1) is 19.7. The number of alkyl halides is 3. The Morgan fingerprint density at radius 3 is 2.31 bits per heavy atom. The van der Waals surface area contributed by atoms with Crippen molar-refractivity contribution < 1.29 is 35.9 Å². The highest BCUT2D eigenvalue weighted by atomic mass is 32.2. The number of carbonyl (C=O) groups excluding carboxylic acids is 2. The summed E-state index contributed by atoms with van der Waals surface area (Å²) in [6.07, 6.45) is -4.63. The number of ether oxygens (including phenoxy) is 1. The van der Waals surface area contributed by atoms with Crippen LogP contribution in [-0.2, 0) is 32.3 Å². The summed E-state index contributed by atoms with van der Waals surface area (Å²) in [7, 11) is -3.10. The summed E-state index contributed by atoms with van der Waals surface area (Å²) >= 11 is 1.07. The first-order valence-electron chi connectivity index (χ1n) is 13.1. The Morgan fingerprint density at radius 2 is 1.74 bits per heavy atom. The van der Waals surface area contributed by atoms with Crippen LogP contribution >= 0.6 is 11.3 Å². The van der Waals surface area contributed by atoms with Crippen molar-refractivity contribution in [1.82, 2.24) is 14.6 Å². The number of rotatable bonds is 8. The Morgan fingerprint density at radius 1 is 1.10 bits per heavy atom. The van der Waals surface area contributed by atoms with Crippen molar-refractivity contribution in [2.24, 2.45) is 0 Å². The van der Waals surface area contributed by atoms with Gasteiger partial charge in [-0.1, -0.05) is 49.4 Å². The number of hydrogen-bond acceptors (Lipinski definition) is 8. The molecule has 0 spiro atoms. The van der Waals surface area contributed by atoms with Crippen LogP contribution in [0.2, 0.25) is 0 Å². The fourth-order valence-corrected chi connectivity index (χ4v) is 7.11. The molecule has 1 fully saturated rings. The zero-order valence-electron chi connectivity index (χ0n) is 23.4. The Balaban J connectivity index is 1.61. The smallest absolute Gasteiger partial charge is 0.416 e. The van der Waals surface area contributed by atoms with Crippen molar-refractivity contribution in [3.8, 4) is 0 Å². The van der Waals surface area contributed by atoms with Gasteiger partial charge in [0.1, 0.15) is 10.9 Å². The molecule has 1 aromatic heterocycles. The topological polar surface area (TPSA) is 109 Å². The molecule has 4 rings (SSSR count). The van der Waals surface area contributed by atoms with E-state index in [4.69, 9.17) is 4.74 Å². The summed E-state index contributed by atoms with van der Waals surface area (Å²) < 4.78 is 72.3. The number of methoxy groups -OCH3 is 1. The van der Waals surface area contributed by atoms with Crippen molar-refractivity contribution in [3.05, 3.63) is 75.8 Å². The molecule has 1 saturated heterocycles. The van der Waals surface area contributed by atoms with Gasteiger partial charge in [-0.25, -0.2) is 18.2 Å². The highest BCUT2D eigenvalue weighted by Gasteiger charge is 2.41. The lowest BCUT2D eigenvalue weighted by atomic mass is 10.0. The number of anilines is 1. The van der Waals surface area contributed by atoms with Gasteiger partial charge in [-0.3, -0.25) is 4.79 Å². The third-order valence-electron chi connectivity index (χ3n) is 6.96. The van der Waals surface area contributed by atoms with E-state index >= 15 is 0 Å². The normalized spacial score (nSPS) is 16.5. The molecule has 14 heteroatoms. The van der Waals surface area contributed by atoms with Gasteiger partial charge >= 0.3 is 12.1 Å². The van der Waals surface area contributed by atoms with E-state index in [2.05, 4.69) is 24.1 Å². The SMILES string of the molecule is COC(=O)c1sc(N2CCN(S(=O)(=O)c3ccc(C(F)(F)F)cc3)C(C(=O)NCc3ccc(C(C)C)cc3)C2)nc1C. The molecule has 0 radical (unpaired) electrons. The molecule has 42 heavy (non-hydrogen) atoms. The summed E-state index contributed by atoms with van der Waals surface area (Å²) in [6, 6.07) is 9.63. The van der Waals surface area contributed by atoms with E-state index in [0.717, 1.165) is 38.9 Å². The molecule has 0 aliphatic carbocycles. The van der Waals surface area contributed by atoms with Crippen molar-refractivity contribution in [2.45, 2.75) is 50.3 Å². The minimum atomic E-state index is -4.63. The number of aryl methyl sites for hydroxylation is 1. The van der Waals surface area contributed by atoms with Crippen LogP contribution in [0.1, 0.15) is 51.8 Å². The molecule has 226 valence electrons. The minimum absolute atomic E-state index is 0.0917. The molecule has 1 aliphatic rings. The molecule has 3 aromatic rings. The molecule has 2 heterocycles. The summed E-state index contributed by atoms with van der Waals surface area (Å²) in [6.45, 7) is 5.82. The molecule has 2 aromatic carbocycles. The van der Waals surface area contributed by atoms with Crippen molar-refractivity contribution >= 4 is 38.4 Å². The first kappa shape index (κ1) is 31.4. The standard InChI is InChI=1S/C28H31F3N4O5S2/c1-17(2)20-7-5-19(6-8-20)15-32-25(36)23-16-34(27-33-18(3)24(41-27)26(37)40-4)13-14-35(23)42(38,39)22-11-9-21(10-12-22)28(29,30)31/h5-12,17,23H,13-16H2,1-4H3,(H,32,36). The van der Waals surface area contributed by atoms with Gasteiger partial charge in [0.25, 0.3) is 0 Å². The Kier molecular flexibility index (Phi) is 9.28. The lowest BCUT2D eigenvalue weighted by Gasteiger charge is -2.39. The molecular formula is C28H31F3N4O5S2. The predicted octanol–water partition coefficient (Wildman–Crippen LogP) is 4.58. The lowest BCUT2D eigenvalue weighted by molar-refractivity contribution is -0.137.